The molecular formula is C15H27N5O. The van der Waals surface area contributed by atoms with Crippen molar-refractivity contribution in [3.63, 3.8) is 0 Å². The van der Waals surface area contributed by atoms with E-state index in [2.05, 4.69) is 41.3 Å². The first-order valence-corrected chi connectivity index (χ1v) is 8.04. The predicted molar refractivity (Wildman–Crippen MR) is 82.1 cm³/mol. The van der Waals surface area contributed by atoms with Crippen molar-refractivity contribution in [3.8, 4) is 0 Å². The van der Waals surface area contributed by atoms with Crippen LogP contribution >= 0.6 is 0 Å². The van der Waals surface area contributed by atoms with E-state index in [1.807, 2.05) is 4.90 Å². The van der Waals surface area contributed by atoms with Crippen molar-refractivity contribution in [3.05, 3.63) is 11.6 Å². The summed E-state index contributed by atoms with van der Waals surface area (Å²) in [6.07, 6.45) is 4.08. The average Bonchev–Trinajstić information content (AvgIpc) is 2.94. The smallest absolute Gasteiger partial charge is 0.293 e. The van der Waals surface area contributed by atoms with Gasteiger partial charge in [0.05, 0.1) is 0 Å². The Bertz CT molecular complexity index is 451. The van der Waals surface area contributed by atoms with Gasteiger partial charge in [0.15, 0.2) is 0 Å². The molecule has 21 heavy (non-hydrogen) atoms. The molecule has 1 amide bonds. The minimum atomic E-state index is -0.0536. The quantitative estimate of drug-likeness (QED) is 0.835. The molecule has 118 valence electrons. The van der Waals surface area contributed by atoms with Crippen molar-refractivity contribution in [1.82, 2.24) is 25.4 Å². The van der Waals surface area contributed by atoms with Gasteiger partial charge >= 0.3 is 0 Å². The van der Waals surface area contributed by atoms with E-state index >= 15 is 0 Å². The number of nitrogens with zero attached hydrogens (tertiary/aromatic N) is 3. The van der Waals surface area contributed by atoms with Crippen LogP contribution in [0.1, 0.15) is 56.5 Å². The van der Waals surface area contributed by atoms with Crippen LogP contribution in [0.2, 0.25) is 0 Å². The molecule has 6 nitrogen and oxygen atoms in total. The summed E-state index contributed by atoms with van der Waals surface area (Å²) in [6.45, 7) is 9.09. The largest absolute Gasteiger partial charge is 0.333 e. The summed E-state index contributed by atoms with van der Waals surface area (Å²) in [5.41, 5.74) is 0. The fourth-order valence-corrected chi connectivity index (χ4v) is 2.74. The molecule has 2 rings (SSSR count). The van der Waals surface area contributed by atoms with Gasteiger partial charge in [-0.2, -0.15) is 0 Å². The van der Waals surface area contributed by atoms with E-state index in [9.17, 15) is 4.79 Å². The normalized spacial score (nSPS) is 16.4. The Morgan fingerprint density at radius 1 is 1.38 bits per heavy atom. The molecule has 1 aliphatic heterocycles. The number of H-pyrrole nitrogens is 1. The summed E-state index contributed by atoms with van der Waals surface area (Å²) in [7, 11) is 0. The highest BCUT2D eigenvalue weighted by molar-refractivity contribution is 5.90. The highest BCUT2D eigenvalue weighted by Crippen LogP contribution is 2.16. The van der Waals surface area contributed by atoms with E-state index in [4.69, 9.17) is 0 Å². The van der Waals surface area contributed by atoms with Crippen molar-refractivity contribution < 1.29 is 4.79 Å². The zero-order valence-electron chi connectivity index (χ0n) is 13.4. The third-order valence-electron chi connectivity index (χ3n) is 4.01. The standard InChI is InChI=1S/C15H27N5O/c1-4-5-13-17-14(19-18-13)15(21)20(11(2)3)10-12-6-8-16-9-7-12/h11-12,16H,4-10H2,1-3H3,(H,17,18,19). The Morgan fingerprint density at radius 2 is 2.10 bits per heavy atom. The molecule has 2 N–H and O–H groups in total. The number of nitrogens with one attached hydrogen (secondary N) is 2. The number of aromatic amines is 1. The lowest BCUT2D eigenvalue weighted by molar-refractivity contribution is 0.0646. The van der Waals surface area contributed by atoms with Gasteiger partial charge in [0.1, 0.15) is 5.82 Å². The van der Waals surface area contributed by atoms with E-state index in [0.29, 0.717) is 11.7 Å². The number of hydrogen-bond donors (Lipinski definition) is 2. The van der Waals surface area contributed by atoms with Crippen LogP contribution in [0, 0.1) is 5.92 Å². The van der Waals surface area contributed by atoms with Gasteiger partial charge in [-0.05, 0) is 52.1 Å². The zero-order chi connectivity index (χ0) is 15.2. The molecule has 0 radical (unpaired) electrons. The Morgan fingerprint density at radius 3 is 2.71 bits per heavy atom. The lowest BCUT2D eigenvalue weighted by atomic mass is 9.97. The number of piperidine rings is 1. The number of aromatic nitrogens is 3. The van der Waals surface area contributed by atoms with Crippen molar-refractivity contribution in [2.45, 2.75) is 52.5 Å². The molecule has 0 unspecified atom stereocenters. The number of rotatable bonds is 6. The van der Waals surface area contributed by atoms with Crippen molar-refractivity contribution >= 4 is 5.91 Å². The molecule has 2 heterocycles. The second kappa shape index (κ2) is 7.54. The lowest BCUT2D eigenvalue weighted by Crippen LogP contribution is -2.43. The summed E-state index contributed by atoms with van der Waals surface area (Å²) in [4.78, 5) is 18.9. The molecule has 1 aliphatic rings. The number of carbonyl (C=O) groups is 1. The Kier molecular flexibility index (Phi) is 5.73. The van der Waals surface area contributed by atoms with Crippen molar-refractivity contribution in [1.29, 1.82) is 0 Å². The second-order valence-corrected chi connectivity index (χ2v) is 6.10. The Balaban J connectivity index is 2.03. The Labute approximate surface area is 126 Å². The molecule has 1 aromatic heterocycles. The predicted octanol–water partition coefficient (Wildman–Crippen LogP) is 1.61. The molecule has 0 aromatic carbocycles. The molecule has 0 saturated carbocycles. The minimum absolute atomic E-state index is 0.0536. The molecule has 0 spiro atoms. The maximum atomic E-state index is 12.6. The zero-order valence-corrected chi connectivity index (χ0v) is 13.4. The monoisotopic (exact) mass is 293 g/mol. The third kappa shape index (κ3) is 4.27. The fourth-order valence-electron chi connectivity index (χ4n) is 2.74. The average molecular weight is 293 g/mol. The second-order valence-electron chi connectivity index (χ2n) is 6.10. The molecule has 0 atom stereocenters. The SMILES string of the molecule is CCCc1nc(C(=O)N(CC2CCNCC2)C(C)C)n[nH]1. The lowest BCUT2D eigenvalue weighted by Gasteiger charge is -2.32. The van der Waals surface area contributed by atoms with Crippen molar-refractivity contribution in [2.75, 3.05) is 19.6 Å². The molecule has 0 bridgehead atoms. The van der Waals surface area contributed by atoms with Crippen LogP contribution in [-0.2, 0) is 6.42 Å². The summed E-state index contributed by atoms with van der Waals surface area (Å²) in [6, 6.07) is 0.167. The first kappa shape index (κ1) is 15.9. The van der Waals surface area contributed by atoms with Crippen LogP contribution in [0.15, 0.2) is 0 Å². The minimum Gasteiger partial charge on any atom is -0.333 e. The maximum absolute atomic E-state index is 12.6. The highest BCUT2D eigenvalue weighted by atomic mass is 16.2. The van der Waals surface area contributed by atoms with Gasteiger partial charge in [-0.1, -0.05) is 6.92 Å². The number of aryl methyl sites for hydroxylation is 1. The molecule has 1 saturated heterocycles. The molecule has 1 fully saturated rings. The fraction of sp³-hybridized carbons (Fsp3) is 0.800. The molecular weight excluding hydrogens is 266 g/mol. The summed E-state index contributed by atoms with van der Waals surface area (Å²) >= 11 is 0. The summed E-state index contributed by atoms with van der Waals surface area (Å²) in [5, 5.41) is 10.3. The molecule has 0 aliphatic carbocycles. The van der Waals surface area contributed by atoms with Gasteiger partial charge in [0.2, 0.25) is 5.82 Å². The van der Waals surface area contributed by atoms with Crippen molar-refractivity contribution in [2.24, 2.45) is 5.92 Å². The number of carbonyl (C=O) groups excluding carboxylic acids is 1. The first-order chi connectivity index (χ1) is 10.1. The molecule has 1 aromatic rings. The molecule has 6 heteroatoms. The van der Waals surface area contributed by atoms with Crippen LogP contribution in [0.5, 0.6) is 0 Å². The maximum Gasteiger partial charge on any atom is 0.293 e. The van der Waals surface area contributed by atoms with E-state index in [1.165, 1.54) is 0 Å². The van der Waals surface area contributed by atoms with Gasteiger partial charge in [0, 0.05) is 19.0 Å². The topological polar surface area (TPSA) is 73.9 Å². The van der Waals surface area contributed by atoms with Gasteiger partial charge < -0.3 is 10.2 Å². The van der Waals surface area contributed by atoms with Gasteiger partial charge in [-0.3, -0.25) is 9.89 Å². The summed E-state index contributed by atoms with van der Waals surface area (Å²) < 4.78 is 0. The van der Waals surface area contributed by atoms with E-state index in [0.717, 1.165) is 51.1 Å². The highest BCUT2D eigenvalue weighted by Gasteiger charge is 2.26. The van der Waals surface area contributed by atoms with E-state index in [1.54, 1.807) is 0 Å². The van der Waals surface area contributed by atoms with Gasteiger partial charge in [0.25, 0.3) is 5.91 Å². The van der Waals surface area contributed by atoms with Gasteiger partial charge in [-0.25, -0.2) is 4.98 Å². The van der Waals surface area contributed by atoms with Crippen LogP contribution in [0.4, 0.5) is 0 Å². The van der Waals surface area contributed by atoms with Crippen LogP contribution in [-0.4, -0.2) is 51.7 Å². The van der Waals surface area contributed by atoms with Crippen LogP contribution in [0.3, 0.4) is 0 Å². The van der Waals surface area contributed by atoms with Crippen LogP contribution in [0.25, 0.3) is 0 Å². The van der Waals surface area contributed by atoms with Crippen LogP contribution < -0.4 is 5.32 Å². The van der Waals surface area contributed by atoms with E-state index < -0.39 is 0 Å². The van der Waals surface area contributed by atoms with Gasteiger partial charge in [-0.15, -0.1) is 5.10 Å². The number of amides is 1. The third-order valence-corrected chi connectivity index (χ3v) is 4.01. The Hall–Kier alpha value is -1.43. The first-order valence-electron chi connectivity index (χ1n) is 8.04. The van der Waals surface area contributed by atoms with E-state index in [-0.39, 0.29) is 11.9 Å². The number of hydrogen-bond acceptors (Lipinski definition) is 4. The summed E-state index contributed by atoms with van der Waals surface area (Å²) in [5.74, 6) is 1.63.